The second-order valence-electron chi connectivity index (χ2n) is 7.04. The summed E-state index contributed by atoms with van der Waals surface area (Å²) in [7, 11) is 0. The average molecular weight is 391 g/mol. The van der Waals surface area contributed by atoms with Gasteiger partial charge in [0.05, 0.1) is 5.52 Å². The summed E-state index contributed by atoms with van der Waals surface area (Å²) >= 11 is 0. The fourth-order valence-corrected chi connectivity index (χ4v) is 3.25. The fraction of sp³-hybridized carbons (Fsp3) is 0.444. The van der Waals surface area contributed by atoms with Gasteiger partial charge < -0.3 is 14.8 Å². The lowest BCUT2D eigenvalue weighted by Gasteiger charge is -2.35. The van der Waals surface area contributed by atoms with Crippen molar-refractivity contribution in [2.24, 2.45) is 0 Å². The zero-order valence-corrected chi connectivity index (χ0v) is 15.5. The molecule has 3 aromatic rings. The number of nitrogens with one attached hydrogen (secondary N) is 1. The Morgan fingerprint density at radius 1 is 1.04 bits per heavy atom. The summed E-state index contributed by atoms with van der Waals surface area (Å²) < 4.78 is 39.7. The molecule has 28 heavy (non-hydrogen) atoms. The van der Waals surface area contributed by atoms with Crippen LogP contribution in [0.3, 0.4) is 0 Å². The second kappa shape index (κ2) is 6.92. The zero-order valence-electron chi connectivity index (χ0n) is 15.5. The Bertz CT molecular complexity index is 975. The number of anilines is 2. The molecule has 0 spiro atoms. The predicted octanol–water partition coefficient (Wildman–Crippen LogP) is 3.22. The van der Waals surface area contributed by atoms with E-state index in [0.29, 0.717) is 31.9 Å². The zero-order chi connectivity index (χ0) is 19.9. The Labute approximate surface area is 159 Å². The monoisotopic (exact) mass is 391 g/mol. The number of fused-ring (bicyclic) bond motifs is 1. The van der Waals surface area contributed by atoms with E-state index in [1.54, 1.807) is 4.90 Å². The first kappa shape index (κ1) is 18.5. The number of nitrogens with zero attached hydrogens (tertiary/aromatic N) is 6. The minimum atomic E-state index is -4.50. The van der Waals surface area contributed by atoms with Crippen LogP contribution in [-0.2, 0) is 6.18 Å². The van der Waals surface area contributed by atoms with Crippen LogP contribution in [0, 0.1) is 0 Å². The molecule has 10 heteroatoms. The first-order valence-electron chi connectivity index (χ1n) is 9.07. The maximum Gasteiger partial charge on any atom is 0.433 e. The lowest BCUT2D eigenvalue weighted by atomic mass is 10.1. The van der Waals surface area contributed by atoms with Gasteiger partial charge in [-0.3, -0.25) is 0 Å². The van der Waals surface area contributed by atoms with Gasteiger partial charge in [0.15, 0.2) is 5.82 Å². The van der Waals surface area contributed by atoms with Crippen molar-refractivity contribution in [3.8, 4) is 0 Å². The van der Waals surface area contributed by atoms with Gasteiger partial charge in [-0.1, -0.05) is 13.8 Å². The number of aromatic nitrogens is 5. The molecule has 0 amide bonds. The van der Waals surface area contributed by atoms with E-state index in [2.05, 4.69) is 29.8 Å². The molecule has 0 bridgehead atoms. The van der Waals surface area contributed by atoms with Gasteiger partial charge in [-0.2, -0.15) is 13.2 Å². The van der Waals surface area contributed by atoms with Crippen molar-refractivity contribution in [3.05, 3.63) is 36.0 Å². The predicted molar refractivity (Wildman–Crippen MR) is 99.4 cm³/mol. The third-order valence-corrected chi connectivity index (χ3v) is 4.80. The van der Waals surface area contributed by atoms with Crippen molar-refractivity contribution in [2.45, 2.75) is 25.9 Å². The maximum atomic E-state index is 13.2. The van der Waals surface area contributed by atoms with Gasteiger partial charge in [0.1, 0.15) is 17.5 Å². The van der Waals surface area contributed by atoms with E-state index in [0.717, 1.165) is 22.9 Å². The van der Waals surface area contributed by atoms with Crippen LogP contribution < -0.4 is 9.80 Å². The summed E-state index contributed by atoms with van der Waals surface area (Å²) in [6.45, 7) is 5.85. The number of piperazine rings is 1. The first-order valence-corrected chi connectivity index (χ1v) is 9.07. The second-order valence-corrected chi connectivity index (χ2v) is 7.04. The van der Waals surface area contributed by atoms with Crippen molar-refractivity contribution in [3.63, 3.8) is 0 Å². The molecule has 4 heterocycles. The Morgan fingerprint density at radius 2 is 1.75 bits per heavy atom. The Balaban J connectivity index is 1.57. The first-order chi connectivity index (χ1) is 13.3. The highest BCUT2D eigenvalue weighted by Crippen LogP contribution is 2.31. The maximum absolute atomic E-state index is 13.2. The molecule has 4 rings (SSSR count). The standard InChI is InChI=1S/C18H20F3N7/c1-11(2)13-9-14(18(19,20)21)26-17(25-13)28-7-5-27(6-8-28)16-15-12(3-4-22-15)23-10-24-16/h3-4,9-11,22H,5-8H2,1-2H3. The van der Waals surface area contributed by atoms with Crippen LogP contribution in [0.25, 0.3) is 11.0 Å². The number of aromatic amines is 1. The SMILES string of the molecule is CC(C)c1cc(C(F)(F)F)nc(N2CCN(c3ncnc4cc[nH]c34)CC2)n1. The lowest BCUT2D eigenvalue weighted by molar-refractivity contribution is -0.141. The molecule has 3 aromatic heterocycles. The van der Waals surface area contributed by atoms with E-state index in [-0.39, 0.29) is 11.9 Å². The van der Waals surface area contributed by atoms with Crippen LogP contribution in [0.2, 0.25) is 0 Å². The van der Waals surface area contributed by atoms with E-state index in [1.807, 2.05) is 26.1 Å². The van der Waals surface area contributed by atoms with Gasteiger partial charge in [0.25, 0.3) is 0 Å². The molecule has 0 saturated carbocycles. The van der Waals surface area contributed by atoms with Crippen LogP contribution in [0.1, 0.15) is 31.2 Å². The molecule has 0 radical (unpaired) electrons. The summed E-state index contributed by atoms with van der Waals surface area (Å²) in [4.78, 5) is 23.8. The van der Waals surface area contributed by atoms with E-state index < -0.39 is 11.9 Å². The van der Waals surface area contributed by atoms with Crippen LogP contribution in [0.15, 0.2) is 24.7 Å². The van der Waals surface area contributed by atoms with E-state index in [9.17, 15) is 13.2 Å². The molecule has 7 nitrogen and oxygen atoms in total. The molecular weight excluding hydrogens is 371 g/mol. The third kappa shape index (κ3) is 3.46. The summed E-state index contributed by atoms with van der Waals surface area (Å²) in [5, 5.41) is 0. The van der Waals surface area contributed by atoms with Gasteiger partial charge in [0.2, 0.25) is 5.95 Å². The van der Waals surface area contributed by atoms with E-state index in [1.165, 1.54) is 6.33 Å². The molecule has 0 aliphatic carbocycles. The van der Waals surface area contributed by atoms with Gasteiger partial charge in [-0.15, -0.1) is 0 Å². The molecule has 1 fully saturated rings. The van der Waals surface area contributed by atoms with Crippen molar-refractivity contribution < 1.29 is 13.2 Å². The summed E-state index contributed by atoms with van der Waals surface area (Å²) in [5.41, 5.74) is 1.18. The number of hydrogen-bond donors (Lipinski definition) is 1. The largest absolute Gasteiger partial charge is 0.433 e. The molecular formula is C18H20F3N7. The molecule has 0 atom stereocenters. The molecule has 1 saturated heterocycles. The van der Waals surface area contributed by atoms with Crippen LogP contribution in [-0.4, -0.2) is 51.1 Å². The molecule has 1 aliphatic heterocycles. The summed E-state index contributed by atoms with van der Waals surface area (Å²) in [5.74, 6) is 0.805. The number of rotatable bonds is 3. The Morgan fingerprint density at radius 3 is 2.43 bits per heavy atom. The minimum absolute atomic E-state index is 0.119. The third-order valence-electron chi connectivity index (χ3n) is 4.80. The molecule has 0 aromatic carbocycles. The van der Waals surface area contributed by atoms with Crippen LogP contribution in [0.4, 0.5) is 24.9 Å². The Kier molecular flexibility index (Phi) is 4.56. The topological polar surface area (TPSA) is 73.8 Å². The highest BCUT2D eigenvalue weighted by atomic mass is 19.4. The number of alkyl halides is 3. The fourth-order valence-electron chi connectivity index (χ4n) is 3.25. The van der Waals surface area contributed by atoms with Crippen LogP contribution >= 0.6 is 0 Å². The molecule has 0 unspecified atom stereocenters. The van der Waals surface area contributed by atoms with Gasteiger partial charge in [0, 0.05) is 38.1 Å². The van der Waals surface area contributed by atoms with Gasteiger partial charge in [-0.05, 0) is 18.1 Å². The van der Waals surface area contributed by atoms with Crippen molar-refractivity contribution >= 4 is 22.8 Å². The highest BCUT2D eigenvalue weighted by Gasteiger charge is 2.35. The van der Waals surface area contributed by atoms with Crippen molar-refractivity contribution in [2.75, 3.05) is 36.0 Å². The van der Waals surface area contributed by atoms with Gasteiger partial charge >= 0.3 is 6.18 Å². The van der Waals surface area contributed by atoms with E-state index in [4.69, 9.17) is 0 Å². The highest BCUT2D eigenvalue weighted by molar-refractivity contribution is 5.85. The van der Waals surface area contributed by atoms with Crippen LogP contribution in [0.5, 0.6) is 0 Å². The van der Waals surface area contributed by atoms with Crippen molar-refractivity contribution in [1.82, 2.24) is 24.9 Å². The number of halogens is 3. The van der Waals surface area contributed by atoms with E-state index >= 15 is 0 Å². The minimum Gasteiger partial charge on any atom is -0.357 e. The number of hydrogen-bond acceptors (Lipinski definition) is 6. The quantitative estimate of drug-likeness (QED) is 0.739. The summed E-state index contributed by atoms with van der Waals surface area (Å²) in [6.07, 6.45) is -1.17. The smallest absolute Gasteiger partial charge is 0.357 e. The lowest BCUT2D eigenvalue weighted by Crippen LogP contribution is -2.47. The summed E-state index contributed by atoms with van der Waals surface area (Å²) in [6, 6.07) is 2.91. The Hall–Kier alpha value is -2.91. The molecule has 1 aliphatic rings. The normalized spacial score (nSPS) is 15.6. The molecule has 1 N–H and O–H groups in total. The van der Waals surface area contributed by atoms with Gasteiger partial charge in [-0.25, -0.2) is 19.9 Å². The van der Waals surface area contributed by atoms with Crippen molar-refractivity contribution in [1.29, 1.82) is 0 Å². The average Bonchev–Trinajstić information content (AvgIpc) is 3.16. The number of H-pyrrole nitrogens is 1. The molecule has 148 valence electrons.